The number of para-hydroxylation sites is 1. The molecule has 2 atom stereocenters. The zero-order valence-electron chi connectivity index (χ0n) is 12.7. The SMILES string of the molecule is CC(C)(C)NCc1ccccc1OC1CS(=O)(=O)CC1O. The van der Waals surface area contributed by atoms with Gasteiger partial charge in [-0.2, -0.15) is 0 Å². The van der Waals surface area contributed by atoms with Crippen molar-refractivity contribution in [1.82, 2.24) is 5.32 Å². The van der Waals surface area contributed by atoms with Gasteiger partial charge in [-0.3, -0.25) is 0 Å². The van der Waals surface area contributed by atoms with Crippen LogP contribution in [0.5, 0.6) is 5.75 Å². The Hall–Kier alpha value is -1.11. The molecule has 1 saturated heterocycles. The van der Waals surface area contributed by atoms with Crippen LogP contribution in [0.3, 0.4) is 0 Å². The maximum Gasteiger partial charge on any atom is 0.156 e. The maximum atomic E-state index is 11.5. The van der Waals surface area contributed by atoms with Crippen LogP contribution in [0.25, 0.3) is 0 Å². The zero-order valence-corrected chi connectivity index (χ0v) is 13.5. The van der Waals surface area contributed by atoms with Gasteiger partial charge in [-0.25, -0.2) is 8.42 Å². The van der Waals surface area contributed by atoms with Gasteiger partial charge in [0.15, 0.2) is 9.84 Å². The highest BCUT2D eigenvalue weighted by Crippen LogP contribution is 2.24. The van der Waals surface area contributed by atoms with Gasteiger partial charge < -0.3 is 15.2 Å². The molecular weight excluding hydrogens is 290 g/mol. The first kappa shape index (κ1) is 16.3. The summed E-state index contributed by atoms with van der Waals surface area (Å²) in [5.74, 6) is 0.269. The van der Waals surface area contributed by atoms with Crippen molar-refractivity contribution >= 4 is 9.84 Å². The lowest BCUT2D eigenvalue weighted by molar-refractivity contribution is 0.0730. The number of aliphatic hydroxyl groups is 1. The number of aliphatic hydroxyl groups excluding tert-OH is 1. The van der Waals surface area contributed by atoms with Crippen LogP contribution in [0.2, 0.25) is 0 Å². The Morgan fingerprint density at radius 1 is 1.29 bits per heavy atom. The van der Waals surface area contributed by atoms with Crippen molar-refractivity contribution in [2.75, 3.05) is 11.5 Å². The molecule has 0 bridgehead atoms. The maximum absolute atomic E-state index is 11.5. The molecule has 5 nitrogen and oxygen atoms in total. The zero-order chi connectivity index (χ0) is 15.7. The summed E-state index contributed by atoms with van der Waals surface area (Å²) in [6.45, 7) is 6.84. The Balaban J connectivity index is 2.10. The summed E-state index contributed by atoms with van der Waals surface area (Å²) in [5, 5.41) is 13.2. The van der Waals surface area contributed by atoms with E-state index in [4.69, 9.17) is 4.74 Å². The molecule has 0 aromatic heterocycles. The number of benzene rings is 1. The summed E-state index contributed by atoms with van der Waals surface area (Å²) >= 11 is 0. The molecule has 0 spiro atoms. The van der Waals surface area contributed by atoms with Crippen LogP contribution in [0.1, 0.15) is 26.3 Å². The van der Waals surface area contributed by atoms with Gasteiger partial charge in [-0.05, 0) is 26.8 Å². The molecule has 21 heavy (non-hydrogen) atoms. The van der Waals surface area contributed by atoms with E-state index in [1.807, 2.05) is 18.2 Å². The predicted octanol–water partition coefficient (Wildman–Crippen LogP) is 1.11. The predicted molar refractivity (Wildman–Crippen MR) is 82.1 cm³/mol. The quantitative estimate of drug-likeness (QED) is 0.871. The number of sulfone groups is 1. The normalized spacial score (nSPS) is 25.0. The fourth-order valence-electron chi connectivity index (χ4n) is 2.20. The first-order valence-electron chi connectivity index (χ1n) is 7.04. The second kappa shape index (κ2) is 5.94. The molecule has 1 aliphatic heterocycles. The Kier molecular flexibility index (Phi) is 4.60. The highest BCUT2D eigenvalue weighted by molar-refractivity contribution is 7.91. The smallest absolute Gasteiger partial charge is 0.156 e. The lowest BCUT2D eigenvalue weighted by Gasteiger charge is -2.23. The summed E-state index contributed by atoms with van der Waals surface area (Å²) in [6.07, 6.45) is -1.65. The van der Waals surface area contributed by atoms with Crippen LogP contribution in [-0.4, -0.2) is 42.8 Å². The van der Waals surface area contributed by atoms with E-state index in [9.17, 15) is 13.5 Å². The molecule has 0 saturated carbocycles. The van der Waals surface area contributed by atoms with E-state index in [2.05, 4.69) is 26.1 Å². The Morgan fingerprint density at radius 2 is 1.95 bits per heavy atom. The molecule has 2 rings (SSSR count). The molecule has 1 aromatic carbocycles. The molecule has 6 heteroatoms. The molecule has 0 amide bonds. The van der Waals surface area contributed by atoms with Crippen molar-refractivity contribution in [2.45, 2.75) is 45.1 Å². The van der Waals surface area contributed by atoms with Crippen LogP contribution < -0.4 is 10.1 Å². The summed E-state index contributed by atoms with van der Waals surface area (Å²) < 4.78 is 28.8. The van der Waals surface area contributed by atoms with E-state index in [1.54, 1.807) is 6.07 Å². The third-order valence-corrected chi connectivity index (χ3v) is 5.02. The van der Waals surface area contributed by atoms with Crippen LogP contribution >= 0.6 is 0 Å². The molecule has 118 valence electrons. The topological polar surface area (TPSA) is 75.6 Å². The highest BCUT2D eigenvalue weighted by Gasteiger charge is 2.38. The van der Waals surface area contributed by atoms with Crippen molar-refractivity contribution in [3.05, 3.63) is 29.8 Å². The fraction of sp³-hybridized carbons (Fsp3) is 0.600. The van der Waals surface area contributed by atoms with E-state index >= 15 is 0 Å². The van der Waals surface area contributed by atoms with E-state index in [0.29, 0.717) is 12.3 Å². The van der Waals surface area contributed by atoms with Gasteiger partial charge in [-0.15, -0.1) is 0 Å². The molecule has 1 fully saturated rings. The third kappa shape index (κ3) is 4.69. The van der Waals surface area contributed by atoms with Crippen LogP contribution in [0.15, 0.2) is 24.3 Å². The fourth-order valence-corrected chi connectivity index (χ4v) is 3.86. The summed E-state index contributed by atoms with van der Waals surface area (Å²) in [4.78, 5) is 0. The second-order valence-electron chi connectivity index (χ2n) is 6.51. The lowest BCUT2D eigenvalue weighted by Crippen LogP contribution is -2.35. The van der Waals surface area contributed by atoms with Crippen LogP contribution in [0, 0.1) is 0 Å². The Bertz CT molecular complexity index is 592. The number of rotatable bonds is 4. The third-order valence-electron chi connectivity index (χ3n) is 3.33. The van der Waals surface area contributed by atoms with E-state index in [1.165, 1.54) is 0 Å². The number of hydrogen-bond donors (Lipinski definition) is 2. The summed E-state index contributed by atoms with van der Waals surface area (Å²) in [7, 11) is -3.20. The number of hydrogen-bond acceptors (Lipinski definition) is 5. The Morgan fingerprint density at radius 3 is 2.52 bits per heavy atom. The molecular formula is C15H23NO4S. The minimum Gasteiger partial charge on any atom is -0.486 e. The van der Waals surface area contributed by atoms with Gasteiger partial charge in [-0.1, -0.05) is 18.2 Å². The standard InChI is InChI=1S/C15H23NO4S/c1-15(2,3)16-8-11-6-4-5-7-13(11)20-14-10-21(18,19)9-12(14)17/h4-7,12,14,16-17H,8-10H2,1-3H3. The average Bonchev–Trinajstić information content (AvgIpc) is 2.60. The van der Waals surface area contributed by atoms with Crippen molar-refractivity contribution in [3.63, 3.8) is 0 Å². The van der Waals surface area contributed by atoms with Gasteiger partial charge in [0.2, 0.25) is 0 Å². The van der Waals surface area contributed by atoms with E-state index in [-0.39, 0.29) is 17.0 Å². The van der Waals surface area contributed by atoms with Gasteiger partial charge >= 0.3 is 0 Å². The van der Waals surface area contributed by atoms with Crippen LogP contribution in [0.4, 0.5) is 0 Å². The monoisotopic (exact) mass is 313 g/mol. The van der Waals surface area contributed by atoms with E-state index in [0.717, 1.165) is 5.56 Å². The van der Waals surface area contributed by atoms with Gasteiger partial charge in [0.05, 0.1) is 11.5 Å². The molecule has 0 aliphatic carbocycles. The van der Waals surface area contributed by atoms with Crippen molar-refractivity contribution in [1.29, 1.82) is 0 Å². The lowest BCUT2D eigenvalue weighted by atomic mass is 10.1. The van der Waals surface area contributed by atoms with Gasteiger partial charge in [0.25, 0.3) is 0 Å². The van der Waals surface area contributed by atoms with E-state index < -0.39 is 22.0 Å². The summed E-state index contributed by atoms with van der Waals surface area (Å²) in [5.41, 5.74) is 0.924. The number of ether oxygens (including phenoxy) is 1. The molecule has 1 aliphatic rings. The summed E-state index contributed by atoms with van der Waals surface area (Å²) in [6, 6.07) is 7.49. The highest BCUT2D eigenvalue weighted by atomic mass is 32.2. The first-order chi connectivity index (χ1) is 9.66. The van der Waals surface area contributed by atoms with Crippen molar-refractivity contribution in [2.24, 2.45) is 0 Å². The molecule has 2 unspecified atom stereocenters. The first-order valence-corrected chi connectivity index (χ1v) is 8.86. The Labute approximate surface area is 126 Å². The molecule has 1 heterocycles. The average molecular weight is 313 g/mol. The van der Waals surface area contributed by atoms with Crippen LogP contribution in [-0.2, 0) is 16.4 Å². The van der Waals surface area contributed by atoms with Gasteiger partial charge in [0.1, 0.15) is 18.0 Å². The minimum absolute atomic E-state index is 0.0245. The minimum atomic E-state index is -3.20. The molecule has 2 N–H and O–H groups in total. The molecule has 0 radical (unpaired) electrons. The van der Waals surface area contributed by atoms with Gasteiger partial charge in [0, 0.05) is 17.6 Å². The second-order valence-corrected chi connectivity index (χ2v) is 8.67. The van der Waals surface area contributed by atoms with Crippen molar-refractivity contribution < 1.29 is 18.3 Å². The number of nitrogens with one attached hydrogen (secondary N) is 1. The van der Waals surface area contributed by atoms with Crippen molar-refractivity contribution in [3.8, 4) is 5.75 Å². The molecule has 1 aromatic rings. The largest absolute Gasteiger partial charge is 0.486 e.